The molecule has 2 fully saturated rings. The molecule has 0 bridgehead atoms. The van der Waals surface area contributed by atoms with Gasteiger partial charge in [-0.2, -0.15) is 5.21 Å². The number of nitrogens with one attached hydrogen (secondary N) is 1. The van der Waals surface area contributed by atoms with Crippen LogP contribution in [0.1, 0.15) is 65.3 Å². The smallest absolute Gasteiger partial charge is 0.256 e. The first kappa shape index (κ1) is 13.5. The van der Waals surface area contributed by atoms with E-state index in [9.17, 15) is 4.79 Å². The van der Waals surface area contributed by atoms with Crippen LogP contribution < -0.4 is 0 Å². The van der Waals surface area contributed by atoms with Crippen LogP contribution in [0.4, 0.5) is 0 Å². The molecule has 116 valence electrons. The molecule has 0 aromatic carbocycles. The number of hydrogen-bond acceptors (Lipinski definition) is 4. The van der Waals surface area contributed by atoms with E-state index >= 15 is 0 Å². The molecule has 0 spiro atoms. The molecule has 0 unspecified atom stereocenters. The van der Waals surface area contributed by atoms with Crippen molar-refractivity contribution in [3.8, 4) is 0 Å². The highest BCUT2D eigenvalue weighted by atomic mass is 16.2. The second-order valence-corrected chi connectivity index (χ2v) is 6.31. The standard InChI is InChI=1S/C15H20N6O/c1-9-8-12(10(2)21(9)11-5-6-11)15(22)20-7-3-4-13(20)14-16-18-19-17-14/h8,11,13H,3-7H2,1-2H3,(H,16,17,18,19)/t13-/m0/s1. The lowest BCUT2D eigenvalue weighted by atomic mass is 10.1. The first-order valence-corrected chi connectivity index (χ1v) is 7.89. The summed E-state index contributed by atoms with van der Waals surface area (Å²) in [7, 11) is 0. The van der Waals surface area contributed by atoms with Gasteiger partial charge in [0.1, 0.15) is 0 Å². The van der Waals surface area contributed by atoms with Gasteiger partial charge in [0.05, 0.1) is 11.6 Å². The van der Waals surface area contributed by atoms with Crippen LogP contribution in [0.2, 0.25) is 0 Å². The number of hydrogen-bond donors (Lipinski definition) is 1. The van der Waals surface area contributed by atoms with Gasteiger partial charge in [-0.15, -0.1) is 10.2 Å². The SMILES string of the molecule is Cc1cc(C(=O)N2CCC[C@H]2c2nn[nH]n2)c(C)n1C1CC1. The highest BCUT2D eigenvalue weighted by molar-refractivity contribution is 5.96. The van der Waals surface area contributed by atoms with Crippen LogP contribution in [0.3, 0.4) is 0 Å². The van der Waals surface area contributed by atoms with E-state index in [0.29, 0.717) is 11.9 Å². The highest BCUT2D eigenvalue weighted by Crippen LogP contribution is 2.39. The summed E-state index contributed by atoms with van der Waals surface area (Å²) in [6.07, 6.45) is 4.32. The maximum Gasteiger partial charge on any atom is 0.256 e. The van der Waals surface area contributed by atoms with Crippen molar-refractivity contribution in [2.75, 3.05) is 6.54 Å². The van der Waals surface area contributed by atoms with Crippen molar-refractivity contribution in [3.63, 3.8) is 0 Å². The van der Waals surface area contributed by atoms with Gasteiger partial charge < -0.3 is 9.47 Å². The number of aryl methyl sites for hydroxylation is 1. The van der Waals surface area contributed by atoms with Crippen LogP contribution in [-0.2, 0) is 0 Å². The Bertz CT molecular complexity index is 700. The summed E-state index contributed by atoms with van der Waals surface area (Å²) < 4.78 is 2.31. The molecule has 1 aliphatic carbocycles. The van der Waals surface area contributed by atoms with Crippen molar-refractivity contribution in [2.24, 2.45) is 0 Å². The fourth-order valence-corrected chi connectivity index (χ4v) is 3.63. The Morgan fingerprint density at radius 3 is 2.82 bits per heavy atom. The van der Waals surface area contributed by atoms with E-state index in [2.05, 4.69) is 39.0 Å². The number of rotatable bonds is 3. The van der Waals surface area contributed by atoms with Crippen molar-refractivity contribution < 1.29 is 4.79 Å². The predicted octanol–water partition coefficient (Wildman–Crippen LogP) is 1.93. The lowest BCUT2D eigenvalue weighted by molar-refractivity contribution is 0.0729. The molecule has 7 heteroatoms. The van der Waals surface area contributed by atoms with E-state index in [1.807, 2.05) is 11.0 Å². The van der Waals surface area contributed by atoms with E-state index in [1.165, 1.54) is 18.5 Å². The third-order valence-electron chi connectivity index (χ3n) is 4.80. The second-order valence-electron chi connectivity index (χ2n) is 6.31. The zero-order chi connectivity index (χ0) is 15.3. The highest BCUT2D eigenvalue weighted by Gasteiger charge is 2.35. The van der Waals surface area contributed by atoms with Gasteiger partial charge in [-0.1, -0.05) is 5.21 Å². The summed E-state index contributed by atoms with van der Waals surface area (Å²) in [5.41, 5.74) is 3.09. The molecule has 1 atom stereocenters. The molecular weight excluding hydrogens is 280 g/mol. The van der Waals surface area contributed by atoms with Crippen molar-refractivity contribution in [3.05, 3.63) is 28.8 Å². The summed E-state index contributed by atoms with van der Waals surface area (Å²) in [5.74, 6) is 0.703. The number of likely N-dealkylation sites (tertiary alicyclic amines) is 1. The van der Waals surface area contributed by atoms with Crippen LogP contribution >= 0.6 is 0 Å². The number of tetrazole rings is 1. The Hall–Kier alpha value is -2.18. The molecule has 1 N–H and O–H groups in total. The quantitative estimate of drug-likeness (QED) is 0.939. The molecule has 1 aliphatic heterocycles. The average molecular weight is 300 g/mol. The molecule has 1 saturated heterocycles. The summed E-state index contributed by atoms with van der Waals surface area (Å²) in [4.78, 5) is 14.9. The maximum atomic E-state index is 13.0. The second kappa shape index (κ2) is 4.93. The average Bonchev–Trinajstić information content (AvgIpc) is 2.95. The monoisotopic (exact) mass is 300 g/mol. The molecular formula is C15H20N6O. The number of nitrogens with zero attached hydrogens (tertiary/aromatic N) is 5. The van der Waals surface area contributed by atoms with Crippen molar-refractivity contribution >= 4 is 5.91 Å². The topological polar surface area (TPSA) is 79.7 Å². The van der Waals surface area contributed by atoms with Crippen molar-refractivity contribution in [2.45, 2.75) is 51.6 Å². The molecule has 22 heavy (non-hydrogen) atoms. The number of amides is 1. The van der Waals surface area contributed by atoms with E-state index in [1.54, 1.807) is 0 Å². The van der Waals surface area contributed by atoms with E-state index in [-0.39, 0.29) is 11.9 Å². The normalized spacial score (nSPS) is 21.5. The molecule has 7 nitrogen and oxygen atoms in total. The predicted molar refractivity (Wildman–Crippen MR) is 79.4 cm³/mol. The minimum Gasteiger partial charge on any atom is -0.345 e. The molecule has 2 aliphatic rings. The van der Waals surface area contributed by atoms with Gasteiger partial charge in [0.15, 0.2) is 5.82 Å². The third kappa shape index (κ3) is 2.03. The van der Waals surface area contributed by atoms with Gasteiger partial charge in [0, 0.05) is 24.0 Å². The lowest BCUT2D eigenvalue weighted by Crippen LogP contribution is -2.31. The largest absolute Gasteiger partial charge is 0.345 e. The first-order chi connectivity index (χ1) is 10.7. The van der Waals surface area contributed by atoms with Crippen LogP contribution in [0.25, 0.3) is 0 Å². The Kier molecular flexibility index (Phi) is 3.02. The fourth-order valence-electron chi connectivity index (χ4n) is 3.63. The maximum absolute atomic E-state index is 13.0. The minimum atomic E-state index is -0.0600. The Morgan fingerprint density at radius 2 is 2.14 bits per heavy atom. The number of carbonyl (C=O) groups is 1. The van der Waals surface area contributed by atoms with Crippen molar-refractivity contribution in [1.82, 2.24) is 30.1 Å². The molecule has 0 radical (unpaired) electrons. The third-order valence-corrected chi connectivity index (χ3v) is 4.80. The Labute approximate surface area is 128 Å². The molecule has 2 aromatic rings. The van der Waals surface area contributed by atoms with Gasteiger partial charge in [-0.25, -0.2) is 0 Å². The molecule has 1 saturated carbocycles. The number of aromatic nitrogens is 5. The summed E-state index contributed by atoms with van der Waals surface area (Å²) in [6.45, 7) is 4.89. The molecule has 1 amide bonds. The first-order valence-electron chi connectivity index (χ1n) is 7.89. The summed E-state index contributed by atoms with van der Waals surface area (Å²) >= 11 is 0. The number of H-pyrrole nitrogens is 1. The van der Waals surface area contributed by atoms with Crippen LogP contribution in [0.15, 0.2) is 6.07 Å². The molecule has 2 aromatic heterocycles. The zero-order valence-corrected chi connectivity index (χ0v) is 12.9. The molecule has 3 heterocycles. The fraction of sp³-hybridized carbons (Fsp3) is 0.600. The summed E-state index contributed by atoms with van der Waals surface area (Å²) in [6, 6.07) is 2.56. The Morgan fingerprint density at radius 1 is 1.32 bits per heavy atom. The van der Waals surface area contributed by atoms with E-state index in [4.69, 9.17) is 0 Å². The lowest BCUT2D eigenvalue weighted by Gasteiger charge is -2.22. The number of aromatic amines is 1. The van der Waals surface area contributed by atoms with Gasteiger partial charge in [-0.05, 0) is 45.6 Å². The van der Waals surface area contributed by atoms with Gasteiger partial charge in [0.2, 0.25) is 0 Å². The minimum absolute atomic E-state index is 0.0600. The molecule has 4 rings (SSSR count). The van der Waals surface area contributed by atoms with Crippen molar-refractivity contribution in [1.29, 1.82) is 0 Å². The van der Waals surface area contributed by atoms with E-state index < -0.39 is 0 Å². The summed E-state index contributed by atoms with van der Waals surface area (Å²) in [5, 5.41) is 14.2. The van der Waals surface area contributed by atoms with Crippen LogP contribution in [-0.4, -0.2) is 42.5 Å². The van der Waals surface area contributed by atoms with Gasteiger partial charge in [-0.3, -0.25) is 4.79 Å². The zero-order valence-electron chi connectivity index (χ0n) is 12.9. The Balaban J connectivity index is 1.65. The van der Waals surface area contributed by atoms with Crippen LogP contribution in [0, 0.1) is 13.8 Å². The van der Waals surface area contributed by atoms with Gasteiger partial charge >= 0.3 is 0 Å². The van der Waals surface area contributed by atoms with Gasteiger partial charge in [0.25, 0.3) is 5.91 Å². The van der Waals surface area contributed by atoms with Crippen LogP contribution in [0.5, 0.6) is 0 Å². The number of carbonyl (C=O) groups excluding carboxylic acids is 1. The van der Waals surface area contributed by atoms with E-state index in [0.717, 1.165) is 30.6 Å².